The quantitative estimate of drug-likeness (QED) is 0.850. The lowest BCUT2D eigenvalue weighted by molar-refractivity contribution is 0.0255. The molecule has 0 aromatic carbocycles. The van der Waals surface area contributed by atoms with Gasteiger partial charge in [0.15, 0.2) is 5.69 Å². The van der Waals surface area contributed by atoms with Crippen molar-refractivity contribution < 1.29 is 14.3 Å². The van der Waals surface area contributed by atoms with E-state index in [1.165, 1.54) is 0 Å². The Morgan fingerprint density at radius 2 is 1.76 bits per heavy atom. The zero-order valence-electron chi connectivity index (χ0n) is 15.8. The molecule has 1 aliphatic heterocycles. The Hall–Kier alpha value is -2.25. The van der Waals surface area contributed by atoms with Gasteiger partial charge in [-0.25, -0.2) is 4.79 Å². The molecule has 0 unspecified atom stereocenters. The molecular formula is C17H29N5O3. The molecule has 8 nitrogen and oxygen atoms in total. The maximum absolute atomic E-state index is 12.7. The van der Waals surface area contributed by atoms with Gasteiger partial charge in [0.25, 0.3) is 5.91 Å². The van der Waals surface area contributed by atoms with Crippen molar-refractivity contribution in [2.75, 3.05) is 31.9 Å². The van der Waals surface area contributed by atoms with Crippen LogP contribution >= 0.6 is 0 Å². The van der Waals surface area contributed by atoms with E-state index in [4.69, 9.17) is 10.5 Å². The van der Waals surface area contributed by atoms with Gasteiger partial charge in [-0.3, -0.25) is 9.89 Å². The molecule has 1 saturated heterocycles. The topological polar surface area (TPSA) is 105 Å². The van der Waals surface area contributed by atoms with E-state index in [2.05, 4.69) is 10.2 Å². The van der Waals surface area contributed by atoms with E-state index >= 15 is 0 Å². The molecule has 8 heteroatoms. The molecule has 2 amide bonds. The van der Waals surface area contributed by atoms with Crippen LogP contribution in [0.2, 0.25) is 0 Å². The Bertz CT molecular complexity index is 633. The predicted molar refractivity (Wildman–Crippen MR) is 95.4 cm³/mol. The van der Waals surface area contributed by atoms with Crippen LogP contribution in [0, 0.1) is 0 Å². The van der Waals surface area contributed by atoms with Crippen LogP contribution in [0.15, 0.2) is 0 Å². The molecule has 0 aliphatic carbocycles. The average Bonchev–Trinajstić information content (AvgIpc) is 2.72. The zero-order valence-corrected chi connectivity index (χ0v) is 15.8. The van der Waals surface area contributed by atoms with Crippen LogP contribution < -0.4 is 5.73 Å². The number of aromatic nitrogens is 2. The first-order valence-corrected chi connectivity index (χ1v) is 8.71. The van der Waals surface area contributed by atoms with E-state index < -0.39 is 5.60 Å². The van der Waals surface area contributed by atoms with Crippen LogP contribution in [-0.2, 0) is 4.74 Å². The Kier molecular flexibility index (Phi) is 5.59. The van der Waals surface area contributed by atoms with Crippen molar-refractivity contribution in [1.82, 2.24) is 20.0 Å². The number of carbonyl (C=O) groups is 2. The second kappa shape index (κ2) is 7.33. The summed E-state index contributed by atoms with van der Waals surface area (Å²) in [7, 11) is 0. The van der Waals surface area contributed by atoms with Gasteiger partial charge >= 0.3 is 6.09 Å². The number of hydrogen-bond acceptors (Lipinski definition) is 5. The Morgan fingerprint density at radius 1 is 1.16 bits per heavy atom. The largest absolute Gasteiger partial charge is 0.444 e. The highest BCUT2D eigenvalue weighted by molar-refractivity contribution is 5.97. The number of amides is 2. The predicted octanol–water partition coefficient (Wildman–Crippen LogP) is 2.20. The molecule has 0 spiro atoms. The highest BCUT2D eigenvalue weighted by Crippen LogP contribution is 2.23. The fourth-order valence-corrected chi connectivity index (χ4v) is 2.75. The first-order chi connectivity index (χ1) is 11.6. The second-order valence-corrected chi connectivity index (χ2v) is 7.67. The number of nitrogens with zero attached hydrogens (tertiary/aromatic N) is 3. The van der Waals surface area contributed by atoms with Gasteiger partial charge in [0.05, 0.1) is 11.4 Å². The molecule has 0 radical (unpaired) electrons. The van der Waals surface area contributed by atoms with Crippen molar-refractivity contribution in [3.8, 4) is 0 Å². The number of carbonyl (C=O) groups excluding carboxylic acids is 2. The molecule has 0 bridgehead atoms. The molecule has 1 fully saturated rings. The lowest BCUT2D eigenvalue weighted by Crippen LogP contribution is -2.40. The number of H-pyrrole nitrogens is 1. The Morgan fingerprint density at radius 3 is 2.32 bits per heavy atom. The molecule has 2 rings (SSSR count). The summed E-state index contributed by atoms with van der Waals surface area (Å²) >= 11 is 0. The molecule has 0 saturated carbocycles. The number of ether oxygens (including phenoxy) is 1. The average molecular weight is 351 g/mol. The Labute approximate surface area is 148 Å². The standard InChI is InChI=1S/C17H29N5O3/c1-11(2)13-12(18)14(20-19-13)15(23)21-7-6-8-22(10-9-21)16(24)25-17(3,4)5/h11H,6-10,18H2,1-5H3,(H,19,20). The number of rotatable bonds is 2. The minimum atomic E-state index is -0.532. The van der Waals surface area contributed by atoms with Crippen LogP contribution in [0.25, 0.3) is 0 Å². The maximum atomic E-state index is 12.7. The molecule has 25 heavy (non-hydrogen) atoms. The van der Waals surface area contributed by atoms with Crippen molar-refractivity contribution in [1.29, 1.82) is 0 Å². The maximum Gasteiger partial charge on any atom is 0.410 e. The molecule has 3 N–H and O–H groups in total. The van der Waals surface area contributed by atoms with Gasteiger partial charge in [-0.1, -0.05) is 13.8 Å². The van der Waals surface area contributed by atoms with Crippen LogP contribution in [-0.4, -0.2) is 63.8 Å². The summed E-state index contributed by atoms with van der Waals surface area (Å²) in [5.74, 6) is -0.0347. The van der Waals surface area contributed by atoms with E-state index in [0.717, 1.165) is 5.69 Å². The first kappa shape index (κ1) is 19.1. The summed E-state index contributed by atoms with van der Waals surface area (Å²) in [6.45, 7) is 11.5. The summed E-state index contributed by atoms with van der Waals surface area (Å²) in [5.41, 5.74) is 6.98. The number of nitrogens with two attached hydrogens (primary N) is 1. The molecule has 2 heterocycles. The number of hydrogen-bond donors (Lipinski definition) is 2. The van der Waals surface area contributed by atoms with E-state index in [1.54, 1.807) is 9.80 Å². The first-order valence-electron chi connectivity index (χ1n) is 8.71. The van der Waals surface area contributed by atoms with E-state index in [-0.39, 0.29) is 23.6 Å². The van der Waals surface area contributed by atoms with Crippen molar-refractivity contribution in [3.05, 3.63) is 11.4 Å². The van der Waals surface area contributed by atoms with E-state index in [0.29, 0.717) is 38.3 Å². The molecule has 0 atom stereocenters. The second-order valence-electron chi connectivity index (χ2n) is 7.67. The highest BCUT2D eigenvalue weighted by Gasteiger charge is 2.28. The van der Waals surface area contributed by atoms with Crippen molar-refractivity contribution in [3.63, 3.8) is 0 Å². The van der Waals surface area contributed by atoms with E-state index in [9.17, 15) is 9.59 Å². The summed E-state index contributed by atoms with van der Waals surface area (Å²) in [5, 5.41) is 6.95. The molecule has 1 aromatic rings. The summed E-state index contributed by atoms with van der Waals surface area (Å²) in [6, 6.07) is 0. The normalized spacial score (nSPS) is 16.1. The van der Waals surface area contributed by atoms with E-state index in [1.807, 2.05) is 34.6 Å². The van der Waals surface area contributed by atoms with Crippen LogP contribution in [0.5, 0.6) is 0 Å². The van der Waals surface area contributed by atoms with Gasteiger partial charge in [-0.05, 0) is 33.1 Å². The number of anilines is 1. The summed E-state index contributed by atoms with van der Waals surface area (Å²) in [4.78, 5) is 28.3. The number of aromatic amines is 1. The molecular weight excluding hydrogens is 322 g/mol. The van der Waals surface area contributed by atoms with Crippen LogP contribution in [0.3, 0.4) is 0 Å². The monoisotopic (exact) mass is 351 g/mol. The lowest BCUT2D eigenvalue weighted by Gasteiger charge is -2.26. The summed E-state index contributed by atoms with van der Waals surface area (Å²) in [6.07, 6.45) is 0.343. The van der Waals surface area contributed by atoms with Gasteiger partial charge in [0.1, 0.15) is 5.60 Å². The fourth-order valence-electron chi connectivity index (χ4n) is 2.75. The third kappa shape index (κ3) is 4.64. The minimum absolute atomic E-state index is 0.167. The van der Waals surface area contributed by atoms with Gasteiger partial charge in [0.2, 0.25) is 0 Å². The highest BCUT2D eigenvalue weighted by atomic mass is 16.6. The lowest BCUT2D eigenvalue weighted by atomic mass is 10.1. The van der Waals surface area contributed by atoms with Crippen molar-refractivity contribution in [2.45, 2.75) is 52.6 Å². The third-order valence-electron chi connectivity index (χ3n) is 4.05. The molecule has 140 valence electrons. The van der Waals surface area contributed by atoms with Gasteiger partial charge in [-0.15, -0.1) is 0 Å². The number of nitrogens with one attached hydrogen (secondary N) is 1. The van der Waals surface area contributed by atoms with Gasteiger partial charge in [-0.2, -0.15) is 5.10 Å². The zero-order chi connectivity index (χ0) is 18.8. The minimum Gasteiger partial charge on any atom is -0.444 e. The molecule has 1 aliphatic rings. The smallest absolute Gasteiger partial charge is 0.410 e. The Balaban J connectivity index is 2.03. The fraction of sp³-hybridized carbons (Fsp3) is 0.706. The third-order valence-corrected chi connectivity index (χ3v) is 4.05. The van der Waals surface area contributed by atoms with Crippen molar-refractivity contribution in [2.24, 2.45) is 0 Å². The van der Waals surface area contributed by atoms with Gasteiger partial charge < -0.3 is 20.3 Å². The van der Waals surface area contributed by atoms with Crippen LogP contribution in [0.4, 0.5) is 10.5 Å². The number of nitrogen functional groups attached to an aromatic ring is 1. The van der Waals surface area contributed by atoms with Crippen molar-refractivity contribution >= 4 is 17.7 Å². The SMILES string of the molecule is CC(C)c1[nH]nc(C(=O)N2CCCN(C(=O)OC(C)(C)C)CC2)c1N. The summed E-state index contributed by atoms with van der Waals surface area (Å²) < 4.78 is 5.41. The van der Waals surface area contributed by atoms with Gasteiger partial charge in [0, 0.05) is 26.2 Å². The molecule has 1 aromatic heterocycles. The van der Waals surface area contributed by atoms with Crippen LogP contribution in [0.1, 0.15) is 63.1 Å².